The van der Waals surface area contributed by atoms with Crippen LogP contribution in [0.4, 0.5) is 17.1 Å². The van der Waals surface area contributed by atoms with Crippen LogP contribution in [0.2, 0.25) is 0 Å². The summed E-state index contributed by atoms with van der Waals surface area (Å²) in [7, 11) is 3.22. The van der Waals surface area contributed by atoms with Crippen LogP contribution in [0.15, 0.2) is 87.3 Å². The molecule has 1 fully saturated rings. The van der Waals surface area contributed by atoms with Gasteiger partial charge in [0.05, 0.1) is 48.2 Å². The van der Waals surface area contributed by atoms with Gasteiger partial charge in [0.2, 0.25) is 5.76 Å². The lowest BCUT2D eigenvalue weighted by atomic mass is 10.2. The summed E-state index contributed by atoms with van der Waals surface area (Å²) < 4.78 is 11.1. The number of methoxy groups -OCH3 is 1. The minimum atomic E-state index is -0.773. The second kappa shape index (κ2) is 12.4. The third-order valence-corrected chi connectivity index (χ3v) is 8.54. The van der Waals surface area contributed by atoms with E-state index in [1.165, 1.54) is 12.0 Å². The van der Waals surface area contributed by atoms with E-state index in [4.69, 9.17) is 14.5 Å². The van der Waals surface area contributed by atoms with Crippen molar-refractivity contribution in [3.05, 3.63) is 88.5 Å². The summed E-state index contributed by atoms with van der Waals surface area (Å²) in [6.45, 7) is 2.82. The maximum Gasteiger partial charge on any atom is 0.375 e. The number of carbonyl (C=O) groups excluding carboxylic acids is 2. The molecule has 3 aromatic rings. The number of fused-ring (bicyclic) bond motifs is 1. The fraction of sp³-hybridized carbons (Fsp3) is 0.200. The van der Waals surface area contributed by atoms with Crippen molar-refractivity contribution in [3.63, 3.8) is 0 Å². The smallest absolute Gasteiger partial charge is 0.375 e. The van der Waals surface area contributed by atoms with Crippen LogP contribution in [0.25, 0.3) is 0 Å². The number of rotatable bonds is 8. The lowest BCUT2D eigenvalue weighted by Crippen LogP contribution is -2.29. The molecule has 1 amide bonds. The Morgan fingerprint density at radius 3 is 2.68 bits per heavy atom. The first-order valence-corrected chi connectivity index (χ1v) is 14.6. The van der Waals surface area contributed by atoms with Crippen LogP contribution in [0.5, 0.6) is 5.75 Å². The Bertz CT molecular complexity index is 1600. The molecule has 5 rings (SSSR count). The fourth-order valence-electron chi connectivity index (χ4n) is 4.28. The summed E-state index contributed by atoms with van der Waals surface area (Å²) >= 11 is 2.74. The van der Waals surface area contributed by atoms with E-state index in [0.717, 1.165) is 33.8 Å². The Labute approximate surface area is 246 Å². The number of ether oxygens (including phenoxy) is 2. The summed E-state index contributed by atoms with van der Waals surface area (Å²) in [5.74, 6) is -0.195. The number of amides is 1. The summed E-state index contributed by atoms with van der Waals surface area (Å²) in [4.78, 5) is 36.5. The number of hydrogen-bond donors (Lipinski definition) is 1. The van der Waals surface area contributed by atoms with Crippen molar-refractivity contribution in [2.24, 2.45) is 4.99 Å². The first-order chi connectivity index (χ1) is 19.9. The lowest BCUT2D eigenvalue weighted by Gasteiger charge is -2.17. The lowest BCUT2D eigenvalue weighted by molar-refractivity contribution is -0.139. The van der Waals surface area contributed by atoms with E-state index in [0.29, 0.717) is 34.4 Å². The number of carbonyl (C=O) groups is 2. The number of amidine groups is 1. The average Bonchev–Trinajstić information content (AvgIpc) is 3.51. The minimum absolute atomic E-state index is 0.0659. The Balaban J connectivity index is 1.60. The minimum Gasteiger partial charge on any atom is -0.463 e. The standard InChI is InChI=1S/C30H27N5O4S2/c1-4-32-22-12-10-20(16-31)14-23(22)33-30-35(17-19-8-6-5-7-9-19)28(36)27(41-30)26(29(37)38-3)39-21-11-13-25-24(15-21)34(2)18-40-25/h5-15,32H,4,17-18H2,1-3H3. The fourth-order valence-corrected chi connectivity index (χ4v) is 6.27. The Morgan fingerprint density at radius 2 is 1.95 bits per heavy atom. The van der Waals surface area contributed by atoms with Gasteiger partial charge >= 0.3 is 5.97 Å². The molecule has 41 heavy (non-hydrogen) atoms. The maximum absolute atomic E-state index is 13.9. The number of anilines is 2. The summed E-state index contributed by atoms with van der Waals surface area (Å²) in [6.07, 6.45) is 0. The number of esters is 1. The Kier molecular flexibility index (Phi) is 8.52. The van der Waals surface area contributed by atoms with E-state index in [1.807, 2.05) is 56.4 Å². The molecule has 3 aromatic carbocycles. The van der Waals surface area contributed by atoms with Gasteiger partial charge in [0.15, 0.2) is 5.17 Å². The highest BCUT2D eigenvalue weighted by molar-refractivity contribution is 8.18. The third kappa shape index (κ3) is 6.04. The predicted octanol–water partition coefficient (Wildman–Crippen LogP) is 5.72. The summed E-state index contributed by atoms with van der Waals surface area (Å²) in [5.41, 5.74) is 3.51. The molecule has 0 aromatic heterocycles. The average molecular weight is 586 g/mol. The van der Waals surface area contributed by atoms with Gasteiger partial charge in [-0.05, 0) is 54.6 Å². The van der Waals surface area contributed by atoms with Crippen LogP contribution in [0.3, 0.4) is 0 Å². The highest BCUT2D eigenvalue weighted by Crippen LogP contribution is 2.42. The van der Waals surface area contributed by atoms with Crippen molar-refractivity contribution in [1.82, 2.24) is 4.90 Å². The van der Waals surface area contributed by atoms with Gasteiger partial charge in [-0.2, -0.15) is 5.26 Å². The quantitative estimate of drug-likeness (QED) is 0.202. The van der Waals surface area contributed by atoms with Gasteiger partial charge in [0.25, 0.3) is 5.91 Å². The van der Waals surface area contributed by atoms with Crippen molar-refractivity contribution < 1.29 is 19.1 Å². The van der Waals surface area contributed by atoms with Crippen LogP contribution in [-0.2, 0) is 20.9 Å². The molecule has 9 nitrogen and oxygen atoms in total. The molecule has 2 aliphatic heterocycles. The van der Waals surface area contributed by atoms with E-state index in [-0.39, 0.29) is 17.2 Å². The topological polar surface area (TPSA) is 107 Å². The highest BCUT2D eigenvalue weighted by atomic mass is 32.2. The molecule has 0 bridgehead atoms. The van der Waals surface area contributed by atoms with E-state index in [9.17, 15) is 14.9 Å². The number of benzene rings is 3. The van der Waals surface area contributed by atoms with Gasteiger partial charge in [-0.1, -0.05) is 30.3 Å². The number of nitrogens with one attached hydrogen (secondary N) is 1. The van der Waals surface area contributed by atoms with Crippen molar-refractivity contribution in [1.29, 1.82) is 5.26 Å². The zero-order chi connectivity index (χ0) is 28.9. The molecule has 0 aliphatic carbocycles. The van der Waals surface area contributed by atoms with Gasteiger partial charge in [0, 0.05) is 24.6 Å². The first kappa shape index (κ1) is 28.1. The van der Waals surface area contributed by atoms with E-state index in [1.54, 1.807) is 36.0 Å². The SMILES string of the molecule is CCNc1ccc(C#N)cc1N=C1SC(=C(Oc2ccc3c(c2)N(C)CS3)C(=O)OC)C(=O)N1Cc1ccccc1. The highest BCUT2D eigenvalue weighted by Gasteiger charge is 2.39. The molecule has 0 unspecified atom stereocenters. The van der Waals surface area contributed by atoms with Crippen LogP contribution >= 0.6 is 23.5 Å². The Hall–Kier alpha value is -4.40. The summed E-state index contributed by atoms with van der Waals surface area (Å²) in [6, 6.07) is 22.3. The van der Waals surface area contributed by atoms with Crippen molar-refractivity contribution in [3.8, 4) is 11.8 Å². The second-order valence-electron chi connectivity index (χ2n) is 9.10. The molecule has 0 saturated carbocycles. The number of hydrogen-bond acceptors (Lipinski definition) is 10. The van der Waals surface area contributed by atoms with Crippen molar-refractivity contribution in [2.75, 3.05) is 36.8 Å². The van der Waals surface area contributed by atoms with Crippen LogP contribution < -0.4 is 15.0 Å². The molecule has 0 radical (unpaired) electrons. The molecule has 0 atom stereocenters. The second-order valence-corrected chi connectivity index (χ2v) is 11.1. The first-order valence-electron chi connectivity index (χ1n) is 12.8. The van der Waals surface area contributed by atoms with Crippen molar-refractivity contribution in [2.45, 2.75) is 18.4 Å². The monoisotopic (exact) mass is 585 g/mol. The zero-order valence-corrected chi connectivity index (χ0v) is 24.3. The molecular weight excluding hydrogens is 558 g/mol. The molecule has 0 spiro atoms. The largest absolute Gasteiger partial charge is 0.463 e. The zero-order valence-electron chi connectivity index (χ0n) is 22.7. The van der Waals surface area contributed by atoms with Crippen LogP contribution in [0, 0.1) is 11.3 Å². The molecule has 2 aliphatic rings. The van der Waals surface area contributed by atoms with Gasteiger partial charge in [-0.15, -0.1) is 11.8 Å². The molecule has 208 valence electrons. The van der Waals surface area contributed by atoms with Crippen molar-refractivity contribution >= 4 is 57.6 Å². The number of aliphatic imine (C=N–C) groups is 1. The van der Waals surface area contributed by atoms with E-state index < -0.39 is 11.9 Å². The van der Waals surface area contributed by atoms with Crippen LogP contribution in [0.1, 0.15) is 18.1 Å². The molecule has 11 heteroatoms. The predicted molar refractivity (Wildman–Crippen MR) is 162 cm³/mol. The van der Waals surface area contributed by atoms with Gasteiger partial charge in [-0.25, -0.2) is 9.79 Å². The number of thioether (sulfide) groups is 2. The molecular formula is C30H27N5O4S2. The van der Waals surface area contributed by atoms with Gasteiger partial charge in [0.1, 0.15) is 10.7 Å². The molecule has 1 N–H and O–H groups in total. The number of nitriles is 1. The Morgan fingerprint density at radius 1 is 1.15 bits per heavy atom. The van der Waals surface area contributed by atoms with Gasteiger partial charge in [-0.3, -0.25) is 9.69 Å². The number of nitrogens with zero attached hydrogens (tertiary/aromatic N) is 4. The summed E-state index contributed by atoms with van der Waals surface area (Å²) in [5, 5.41) is 13.1. The maximum atomic E-state index is 13.9. The van der Waals surface area contributed by atoms with Crippen LogP contribution in [-0.4, -0.2) is 48.5 Å². The molecule has 2 heterocycles. The van der Waals surface area contributed by atoms with Gasteiger partial charge < -0.3 is 19.7 Å². The van der Waals surface area contributed by atoms with E-state index in [2.05, 4.69) is 16.3 Å². The molecule has 1 saturated heterocycles. The normalized spacial score (nSPS) is 16.4. The third-order valence-electron chi connectivity index (χ3n) is 6.31. The van der Waals surface area contributed by atoms with E-state index >= 15 is 0 Å².